The molecule has 0 radical (unpaired) electrons. The quantitative estimate of drug-likeness (QED) is 0.263. The Morgan fingerprint density at radius 3 is 2.27 bits per heavy atom. The van der Waals surface area contributed by atoms with Crippen LogP contribution in [0.1, 0.15) is 49.9 Å². The Morgan fingerprint density at radius 1 is 0.975 bits per heavy atom. The van der Waals surface area contributed by atoms with Gasteiger partial charge in [0.25, 0.3) is 11.6 Å². The minimum Gasteiger partial charge on any atom is -0.371 e. The third-order valence-electron chi connectivity index (χ3n) is 7.12. The van der Waals surface area contributed by atoms with Crippen molar-refractivity contribution in [1.29, 1.82) is 0 Å². The van der Waals surface area contributed by atoms with Gasteiger partial charge in [-0.1, -0.05) is 25.4 Å². The van der Waals surface area contributed by atoms with Gasteiger partial charge in [0.1, 0.15) is 0 Å². The van der Waals surface area contributed by atoms with Crippen LogP contribution in [0.15, 0.2) is 36.4 Å². The molecule has 0 atom stereocenters. The van der Waals surface area contributed by atoms with Crippen molar-refractivity contribution < 1.29 is 14.5 Å². The summed E-state index contributed by atoms with van der Waals surface area (Å²) in [7, 11) is 0. The van der Waals surface area contributed by atoms with E-state index in [-0.39, 0.29) is 22.3 Å². The van der Waals surface area contributed by atoms with Gasteiger partial charge in [-0.2, -0.15) is 0 Å². The number of nitrogens with one attached hydrogen (secondary N) is 2. The van der Waals surface area contributed by atoms with Crippen LogP contribution in [0, 0.1) is 16.0 Å². The largest absolute Gasteiger partial charge is 0.371 e. The maximum atomic E-state index is 13.4. The molecule has 0 aromatic heterocycles. The van der Waals surface area contributed by atoms with Gasteiger partial charge in [-0.15, -0.1) is 0 Å². The van der Waals surface area contributed by atoms with Crippen molar-refractivity contribution in [1.82, 2.24) is 10.2 Å². The second kappa shape index (κ2) is 13.3. The van der Waals surface area contributed by atoms with Crippen LogP contribution in [-0.2, 0) is 4.79 Å². The van der Waals surface area contributed by atoms with E-state index in [0.717, 1.165) is 38.0 Å². The zero-order chi connectivity index (χ0) is 28.8. The number of benzene rings is 2. The number of nitro groups is 1. The normalized spacial score (nSPS) is 15.7. The van der Waals surface area contributed by atoms with Gasteiger partial charge in [0, 0.05) is 62.8 Å². The summed E-state index contributed by atoms with van der Waals surface area (Å²) in [5.74, 6) is -0.0486. The Morgan fingerprint density at radius 2 is 1.62 bits per heavy atom. The third kappa shape index (κ3) is 7.39. The summed E-state index contributed by atoms with van der Waals surface area (Å²) in [6, 6.07) is 9.76. The molecule has 2 aliphatic rings. The lowest BCUT2D eigenvalue weighted by Gasteiger charge is -2.37. The van der Waals surface area contributed by atoms with Crippen LogP contribution in [0.25, 0.3) is 0 Å². The predicted molar refractivity (Wildman–Crippen MR) is 163 cm³/mol. The van der Waals surface area contributed by atoms with Crippen LogP contribution in [-0.4, -0.2) is 66.0 Å². The Balaban J connectivity index is 1.47. The molecule has 12 heteroatoms. The van der Waals surface area contributed by atoms with E-state index in [0.29, 0.717) is 54.9 Å². The first-order valence-electron chi connectivity index (χ1n) is 13.6. The molecular weight excluding hydrogens is 552 g/mol. The van der Waals surface area contributed by atoms with E-state index in [1.54, 1.807) is 18.2 Å². The maximum absolute atomic E-state index is 13.4. The van der Waals surface area contributed by atoms with E-state index in [4.69, 9.17) is 23.8 Å². The standard InChI is InChI=1S/C28H35ClN6O4S/c1-19(2)16-26(36)34-14-12-33(13-15-34)25-8-6-20(29)17-23(25)30-28(40)31-27(37)22-18-21(35(38)39)7-9-24(22)32-10-4-3-5-11-32/h6-9,17-19H,3-5,10-16H2,1-2H3,(H2,30,31,37,40). The van der Waals surface area contributed by atoms with Crippen molar-refractivity contribution in [2.45, 2.75) is 39.5 Å². The average Bonchev–Trinajstić information content (AvgIpc) is 2.93. The summed E-state index contributed by atoms with van der Waals surface area (Å²) >= 11 is 11.8. The first-order chi connectivity index (χ1) is 19.1. The van der Waals surface area contributed by atoms with Gasteiger partial charge < -0.3 is 20.0 Å². The lowest BCUT2D eigenvalue weighted by molar-refractivity contribution is -0.384. The van der Waals surface area contributed by atoms with Crippen LogP contribution >= 0.6 is 23.8 Å². The fourth-order valence-corrected chi connectivity index (χ4v) is 5.49. The minimum atomic E-state index is -0.525. The summed E-state index contributed by atoms with van der Waals surface area (Å²) in [5.41, 5.74) is 2.16. The summed E-state index contributed by atoms with van der Waals surface area (Å²) in [6.07, 6.45) is 3.64. The van der Waals surface area contributed by atoms with Crippen LogP contribution in [0.3, 0.4) is 0 Å². The van der Waals surface area contributed by atoms with E-state index >= 15 is 0 Å². The Hall–Kier alpha value is -3.44. The molecule has 0 aliphatic carbocycles. The highest BCUT2D eigenvalue weighted by Crippen LogP contribution is 2.31. The number of amides is 2. The zero-order valence-corrected chi connectivity index (χ0v) is 24.4. The van der Waals surface area contributed by atoms with Gasteiger partial charge in [0.15, 0.2) is 5.11 Å². The zero-order valence-electron chi connectivity index (χ0n) is 22.8. The fourth-order valence-electron chi connectivity index (χ4n) is 5.11. The van der Waals surface area contributed by atoms with Gasteiger partial charge in [-0.3, -0.25) is 25.0 Å². The SMILES string of the molecule is CC(C)CC(=O)N1CCN(c2ccc(Cl)cc2NC(=S)NC(=O)c2cc([N+](=O)[O-])ccc2N2CCCCC2)CC1. The molecule has 2 saturated heterocycles. The number of piperazine rings is 1. The number of hydrogen-bond acceptors (Lipinski definition) is 7. The van der Waals surface area contributed by atoms with Crippen molar-refractivity contribution in [3.05, 3.63) is 57.1 Å². The maximum Gasteiger partial charge on any atom is 0.270 e. The molecule has 2 fully saturated rings. The second-order valence-corrected chi connectivity index (χ2v) is 11.4. The number of piperidine rings is 1. The Labute approximate surface area is 244 Å². The highest BCUT2D eigenvalue weighted by atomic mass is 35.5. The number of carbonyl (C=O) groups is 2. The van der Waals surface area contributed by atoms with Crippen LogP contribution in [0.4, 0.5) is 22.7 Å². The van der Waals surface area contributed by atoms with E-state index in [1.165, 1.54) is 12.1 Å². The summed E-state index contributed by atoms with van der Waals surface area (Å²) in [6.45, 7) is 8.15. The summed E-state index contributed by atoms with van der Waals surface area (Å²) in [4.78, 5) is 42.9. The Bertz CT molecular complexity index is 1280. The smallest absolute Gasteiger partial charge is 0.270 e. The third-order valence-corrected chi connectivity index (χ3v) is 7.56. The molecule has 4 rings (SSSR count). The predicted octanol–water partition coefficient (Wildman–Crippen LogP) is 5.06. The molecule has 2 aromatic rings. The number of thiocarbonyl (C=S) groups is 1. The van der Waals surface area contributed by atoms with Crippen molar-refractivity contribution >= 4 is 63.5 Å². The molecule has 0 unspecified atom stereocenters. The Kier molecular flexibility index (Phi) is 9.80. The molecule has 2 N–H and O–H groups in total. The number of rotatable bonds is 7. The first kappa shape index (κ1) is 29.5. The molecule has 2 amide bonds. The minimum absolute atomic E-state index is 0.0513. The number of non-ortho nitro benzene ring substituents is 1. The molecule has 40 heavy (non-hydrogen) atoms. The fraction of sp³-hybridized carbons (Fsp3) is 0.464. The van der Waals surface area contributed by atoms with E-state index in [1.807, 2.05) is 24.8 Å². The molecule has 214 valence electrons. The first-order valence-corrected chi connectivity index (χ1v) is 14.4. The van der Waals surface area contributed by atoms with Gasteiger partial charge >= 0.3 is 0 Å². The lowest BCUT2D eigenvalue weighted by Crippen LogP contribution is -2.49. The van der Waals surface area contributed by atoms with Crippen molar-refractivity contribution in [2.24, 2.45) is 5.92 Å². The number of carbonyl (C=O) groups excluding carboxylic acids is 2. The van der Waals surface area contributed by atoms with Crippen molar-refractivity contribution in [2.75, 3.05) is 54.4 Å². The van der Waals surface area contributed by atoms with Crippen LogP contribution in [0.5, 0.6) is 0 Å². The van der Waals surface area contributed by atoms with Crippen molar-refractivity contribution in [3.8, 4) is 0 Å². The number of anilines is 3. The second-order valence-electron chi connectivity index (χ2n) is 10.5. The molecule has 0 saturated carbocycles. The van der Waals surface area contributed by atoms with Crippen LogP contribution in [0.2, 0.25) is 5.02 Å². The number of nitrogens with zero attached hydrogens (tertiary/aromatic N) is 4. The summed E-state index contributed by atoms with van der Waals surface area (Å²) < 4.78 is 0. The van der Waals surface area contributed by atoms with Gasteiger partial charge in [-0.05, 0) is 61.7 Å². The van der Waals surface area contributed by atoms with Gasteiger partial charge in [0.05, 0.1) is 27.5 Å². The summed E-state index contributed by atoms with van der Waals surface area (Å²) in [5, 5.41) is 17.8. The monoisotopic (exact) mass is 586 g/mol. The van der Waals surface area contributed by atoms with Crippen LogP contribution < -0.4 is 20.4 Å². The highest BCUT2D eigenvalue weighted by molar-refractivity contribution is 7.80. The lowest BCUT2D eigenvalue weighted by atomic mass is 10.1. The highest BCUT2D eigenvalue weighted by Gasteiger charge is 2.25. The van der Waals surface area contributed by atoms with Gasteiger partial charge in [-0.25, -0.2) is 0 Å². The average molecular weight is 587 g/mol. The molecule has 2 aliphatic heterocycles. The molecule has 0 spiro atoms. The molecule has 0 bridgehead atoms. The number of halogens is 1. The molecule has 10 nitrogen and oxygen atoms in total. The van der Waals surface area contributed by atoms with Crippen molar-refractivity contribution in [3.63, 3.8) is 0 Å². The van der Waals surface area contributed by atoms with E-state index < -0.39 is 10.8 Å². The van der Waals surface area contributed by atoms with E-state index in [9.17, 15) is 19.7 Å². The number of hydrogen-bond donors (Lipinski definition) is 2. The van der Waals surface area contributed by atoms with Gasteiger partial charge in [0.2, 0.25) is 5.91 Å². The molecular formula is C28H35ClN6O4S. The molecule has 2 aromatic carbocycles. The number of nitro benzene ring substituents is 1. The van der Waals surface area contributed by atoms with E-state index in [2.05, 4.69) is 20.4 Å². The topological polar surface area (TPSA) is 111 Å². The molecule has 2 heterocycles.